The van der Waals surface area contributed by atoms with E-state index in [-0.39, 0.29) is 18.2 Å². The fraction of sp³-hybridized carbons (Fsp3) is 0.308. The first kappa shape index (κ1) is 22.3. The number of hydrogen-bond donors (Lipinski definition) is 1. The van der Waals surface area contributed by atoms with Crippen LogP contribution in [0.4, 0.5) is 0 Å². The first-order valence-electron chi connectivity index (χ1n) is 11.0. The minimum atomic E-state index is -0.834. The van der Waals surface area contributed by atoms with Crippen LogP contribution in [0.1, 0.15) is 31.7 Å². The smallest absolute Gasteiger partial charge is 0.303 e. The molecule has 168 valence electrons. The summed E-state index contributed by atoms with van der Waals surface area (Å²) in [4.78, 5) is 30.1. The SMILES string of the molecule is C[C@@H](Oc1ccc2c(-c3ccccc3C#N)ccnc2c1)C(=O)N1CCC[C@H](CC(=O)O)C1. The van der Waals surface area contributed by atoms with Gasteiger partial charge in [-0.05, 0) is 55.5 Å². The molecule has 1 saturated heterocycles. The topological polar surface area (TPSA) is 104 Å². The molecule has 0 unspecified atom stereocenters. The molecule has 1 fully saturated rings. The molecular formula is C26H25N3O4. The van der Waals surface area contributed by atoms with Gasteiger partial charge in [0.1, 0.15) is 5.75 Å². The van der Waals surface area contributed by atoms with E-state index in [2.05, 4.69) is 11.1 Å². The summed E-state index contributed by atoms with van der Waals surface area (Å²) in [5.41, 5.74) is 3.04. The number of amides is 1. The molecule has 0 spiro atoms. The van der Waals surface area contributed by atoms with E-state index in [1.54, 1.807) is 36.2 Å². The van der Waals surface area contributed by atoms with Crippen molar-refractivity contribution in [3.63, 3.8) is 0 Å². The van der Waals surface area contributed by atoms with Crippen LogP contribution in [0.2, 0.25) is 0 Å². The summed E-state index contributed by atoms with van der Waals surface area (Å²) in [6.07, 6.45) is 2.68. The van der Waals surface area contributed by atoms with Gasteiger partial charge < -0.3 is 14.7 Å². The van der Waals surface area contributed by atoms with Gasteiger partial charge in [-0.3, -0.25) is 14.6 Å². The third-order valence-electron chi connectivity index (χ3n) is 6.01. The summed E-state index contributed by atoms with van der Waals surface area (Å²) >= 11 is 0. The number of ether oxygens (including phenoxy) is 1. The number of aliphatic carboxylic acids is 1. The van der Waals surface area contributed by atoms with Crippen molar-refractivity contribution in [2.24, 2.45) is 5.92 Å². The maximum absolute atomic E-state index is 12.9. The Labute approximate surface area is 192 Å². The Hall–Kier alpha value is -3.92. The highest BCUT2D eigenvalue weighted by atomic mass is 16.5. The number of carboxylic acid groups (broad SMARTS) is 1. The van der Waals surface area contributed by atoms with Gasteiger partial charge in [0.2, 0.25) is 0 Å². The van der Waals surface area contributed by atoms with Crippen LogP contribution in [0.25, 0.3) is 22.0 Å². The largest absolute Gasteiger partial charge is 0.481 e. The number of hydrogen-bond acceptors (Lipinski definition) is 5. The van der Waals surface area contributed by atoms with E-state index in [1.165, 1.54) is 0 Å². The number of likely N-dealkylation sites (tertiary alicyclic amines) is 1. The zero-order valence-electron chi connectivity index (χ0n) is 18.4. The van der Waals surface area contributed by atoms with Gasteiger partial charge in [-0.2, -0.15) is 5.26 Å². The average molecular weight is 444 g/mol. The zero-order chi connectivity index (χ0) is 23.4. The Morgan fingerprint density at radius 2 is 2.06 bits per heavy atom. The Bertz CT molecular complexity index is 1230. The second kappa shape index (κ2) is 9.70. The third-order valence-corrected chi connectivity index (χ3v) is 6.01. The van der Waals surface area contributed by atoms with Gasteiger partial charge in [0, 0.05) is 42.7 Å². The summed E-state index contributed by atoms with van der Waals surface area (Å²) in [5.74, 6) is -0.471. The van der Waals surface area contributed by atoms with E-state index in [0.29, 0.717) is 29.9 Å². The van der Waals surface area contributed by atoms with E-state index in [9.17, 15) is 14.9 Å². The molecule has 4 rings (SSSR count). The molecule has 7 nitrogen and oxygen atoms in total. The van der Waals surface area contributed by atoms with E-state index >= 15 is 0 Å². The van der Waals surface area contributed by atoms with Crippen molar-refractivity contribution in [2.75, 3.05) is 13.1 Å². The van der Waals surface area contributed by atoms with Crippen LogP contribution in [0.3, 0.4) is 0 Å². The fourth-order valence-electron chi connectivity index (χ4n) is 4.44. The number of carbonyl (C=O) groups excluding carboxylic acids is 1. The van der Waals surface area contributed by atoms with Gasteiger partial charge in [0.25, 0.3) is 5.91 Å². The molecule has 1 aliphatic heterocycles. The van der Waals surface area contributed by atoms with Crippen LogP contribution in [0.15, 0.2) is 54.7 Å². The van der Waals surface area contributed by atoms with Crippen molar-refractivity contribution < 1.29 is 19.4 Å². The maximum Gasteiger partial charge on any atom is 0.303 e. The number of carboxylic acids is 1. The second-order valence-corrected chi connectivity index (χ2v) is 8.35. The van der Waals surface area contributed by atoms with E-state index < -0.39 is 12.1 Å². The van der Waals surface area contributed by atoms with Gasteiger partial charge in [0.15, 0.2) is 6.10 Å². The molecule has 0 saturated carbocycles. The number of aromatic nitrogens is 1. The number of fused-ring (bicyclic) bond motifs is 1. The predicted molar refractivity (Wildman–Crippen MR) is 124 cm³/mol. The van der Waals surface area contributed by atoms with Crippen LogP contribution in [0.5, 0.6) is 5.75 Å². The molecule has 1 aromatic heterocycles. The van der Waals surface area contributed by atoms with Crippen LogP contribution >= 0.6 is 0 Å². The van der Waals surface area contributed by atoms with Gasteiger partial charge in [-0.1, -0.05) is 18.2 Å². The van der Waals surface area contributed by atoms with Crippen LogP contribution in [0, 0.1) is 17.2 Å². The molecule has 1 amide bonds. The van der Waals surface area contributed by atoms with Crippen molar-refractivity contribution in [3.8, 4) is 22.9 Å². The first-order valence-corrected chi connectivity index (χ1v) is 11.0. The summed E-state index contributed by atoms with van der Waals surface area (Å²) in [5, 5.41) is 19.4. The zero-order valence-corrected chi connectivity index (χ0v) is 18.4. The second-order valence-electron chi connectivity index (χ2n) is 8.35. The highest BCUT2D eigenvalue weighted by molar-refractivity contribution is 5.96. The van der Waals surface area contributed by atoms with Crippen molar-refractivity contribution in [1.29, 1.82) is 5.26 Å². The Morgan fingerprint density at radius 3 is 2.85 bits per heavy atom. The van der Waals surface area contributed by atoms with Gasteiger partial charge in [-0.15, -0.1) is 0 Å². The number of benzene rings is 2. The molecule has 0 aliphatic carbocycles. The Morgan fingerprint density at radius 1 is 1.24 bits per heavy atom. The lowest BCUT2D eigenvalue weighted by molar-refractivity contribution is -0.143. The van der Waals surface area contributed by atoms with Gasteiger partial charge in [-0.25, -0.2) is 0 Å². The van der Waals surface area contributed by atoms with Crippen molar-refractivity contribution in [1.82, 2.24) is 9.88 Å². The summed E-state index contributed by atoms with van der Waals surface area (Å²) in [6.45, 7) is 2.77. The third kappa shape index (κ3) is 4.96. The summed E-state index contributed by atoms with van der Waals surface area (Å²) in [7, 11) is 0. The molecule has 2 heterocycles. The lowest BCUT2D eigenvalue weighted by Crippen LogP contribution is -2.46. The predicted octanol–water partition coefficient (Wildman–Crippen LogP) is 4.25. The minimum Gasteiger partial charge on any atom is -0.481 e. The van der Waals surface area contributed by atoms with Crippen LogP contribution < -0.4 is 4.74 Å². The van der Waals surface area contributed by atoms with E-state index in [1.807, 2.05) is 30.3 Å². The van der Waals surface area contributed by atoms with Crippen LogP contribution in [-0.2, 0) is 9.59 Å². The van der Waals surface area contributed by atoms with Crippen molar-refractivity contribution in [2.45, 2.75) is 32.3 Å². The highest BCUT2D eigenvalue weighted by Gasteiger charge is 2.29. The molecule has 0 bridgehead atoms. The lowest BCUT2D eigenvalue weighted by Gasteiger charge is -2.33. The quantitative estimate of drug-likeness (QED) is 0.611. The van der Waals surface area contributed by atoms with Crippen LogP contribution in [-0.4, -0.2) is 46.1 Å². The van der Waals surface area contributed by atoms with Crippen molar-refractivity contribution >= 4 is 22.8 Å². The minimum absolute atomic E-state index is 0.0213. The molecule has 0 radical (unpaired) electrons. The molecule has 1 N–H and O–H groups in total. The number of rotatable bonds is 6. The Balaban J connectivity index is 1.52. The summed E-state index contributed by atoms with van der Waals surface area (Å²) < 4.78 is 5.94. The average Bonchev–Trinajstić information content (AvgIpc) is 2.82. The monoisotopic (exact) mass is 443 g/mol. The highest BCUT2D eigenvalue weighted by Crippen LogP contribution is 2.32. The van der Waals surface area contributed by atoms with Crippen molar-refractivity contribution in [3.05, 3.63) is 60.3 Å². The summed E-state index contributed by atoms with van der Waals surface area (Å²) in [6, 6.07) is 17.0. The molecule has 3 aromatic rings. The van der Waals surface area contributed by atoms with E-state index in [0.717, 1.165) is 29.4 Å². The number of pyridine rings is 1. The lowest BCUT2D eigenvalue weighted by atomic mass is 9.94. The molecule has 2 aromatic carbocycles. The molecular weight excluding hydrogens is 418 g/mol. The number of nitriles is 1. The normalized spacial score (nSPS) is 16.7. The first-order chi connectivity index (χ1) is 16.0. The molecule has 33 heavy (non-hydrogen) atoms. The number of carbonyl (C=O) groups is 2. The number of piperidine rings is 1. The molecule has 2 atom stereocenters. The molecule has 7 heteroatoms. The maximum atomic E-state index is 12.9. The van der Waals surface area contributed by atoms with E-state index in [4.69, 9.17) is 9.84 Å². The number of nitrogens with zero attached hydrogens (tertiary/aromatic N) is 3. The molecule has 1 aliphatic rings. The fourth-order valence-corrected chi connectivity index (χ4v) is 4.44. The van der Waals surface area contributed by atoms with Gasteiger partial charge in [0.05, 0.1) is 17.1 Å². The Kier molecular flexibility index (Phi) is 6.55. The van der Waals surface area contributed by atoms with Gasteiger partial charge >= 0.3 is 5.97 Å². The standard InChI is InChI=1S/C26H25N3O4/c1-17(26(32)29-12-4-5-18(16-29)13-25(30)31)33-20-8-9-23-22(10-11-28-24(23)14-20)21-7-3-2-6-19(21)15-27/h2-3,6-11,14,17-18H,4-5,12-13,16H2,1H3,(H,30,31)/t17-,18-/m1/s1.